The fourth-order valence-corrected chi connectivity index (χ4v) is 1.90. The van der Waals surface area contributed by atoms with Gasteiger partial charge in [-0.3, -0.25) is 4.79 Å². The smallest absolute Gasteiger partial charge is 0.305 e. The molecule has 0 radical (unpaired) electrons. The zero-order valence-electron chi connectivity index (χ0n) is 13.1. The highest BCUT2D eigenvalue weighted by molar-refractivity contribution is 5.69. The second-order valence-electron chi connectivity index (χ2n) is 5.17. The molecule has 0 spiro atoms. The van der Waals surface area contributed by atoms with E-state index in [9.17, 15) is 4.79 Å². The second kappa shape index (κ2) is 13.9. The molecule has 0 saturated carbocycles. The molecule has 0 aromatic heterocycles. The van der Waals surface area contributed by atoms with Gasteiger partial charge in [-0.1, -0.05) is 40.0 Å². The van der Waals surface area contributed by atoms with Gasteiger partial charge >= 0.3 is 5.97 Å². The van der Waals surface area contributed by atoms with Crippen molar-refractivity contribution in [2.45, 2.75) is 72.1 Å². The molecule has 19 heavy (non-hydrogen) atoms. The van der Waals surface area contributed by atoms with Crippen LogP contribution in [0, 0.1) is 5.92 Å². The van der Waals surface area contributed by atoms with Gasteiger partial charge in [0.1, 0.15) is 0 Å². The maximum atomic E-state index is 11.6. The van der Waals surface area contributed by atoms with Crippen molar-refractivity contribution in [3.8, 4) is 0 Å². The van der Waals surface area contributed by atoms with Crippen molar-refractivity contribution in [1.82, 2.24) is 0 Å². The van der Waals surface area contributed by atoms with Crippen LogP contribution in [-0.4, -0.2) is 25.8 Å². The second-order valence-corrected chi connectivity index (χ2v) is 5.17. The first-order chi connectivity index (χ1) is 9.24. The predicted molar refractivity (Wildman–Crippen MR) is 79.2 cm³/mol. The molecule has 3 nitrogen and oxygen atoms in total. The Labute approximate surface area is 119 Å². The number of carbonyl (C=O) groups excluding carboxylic acids is 1. The van der Waals surface area contributed by atoms with Crippen molar-refractivity contribution in [3.05, 3.63) is 0 Å². The van der Waals surface area contributed by atoms with Crippen molar-refractivity contribution in [2.75, 3.05) is 19.8 Å². The summed E-state index contributed by atoms with van der Waals surface area (Å²) in [6.45, 7) is 8.63. The average molecular weight is 272 g/mol. The van der Waals surface area contributed by atoms with E-state index in [1.807, 2.05) is 0 Å². The molecule has 0 bridgehead atoms. The third kappa shape index (κ3) is 12.2. The van der Waals surface area contributed by atoms with Crippen LogP contribution in [0.2, 0.25) is 0 Å². The van der Waals surface area contributed by atoms with Crippen LogP contribution in [-0.2, 0) is 14.3 Å². The van der Waals surface area contributed by atoms with Crippen molar-refractivity contribution < 1.29 is 14.3 Å². The van der Waals surface area contributed by atoms with E-state index in [0.717, 1.165) is 38.9 Å². The zero-order chi connectivity index (χ0) is 14.3. The number of hydrogen-bond acceptors (Lipinski definition) is 3. The van der Waals surface area contributed by atoms with E-state index in [1.165, 1.54) is 19.3 Å². The molecule has 0 fully saturated rings. The maximum absolute atomic E-state index is 11.6. The van der Waals surface area contributed by atoms with E-state index in [0.29, 0.717) is 18.9 Å². The lowest BCUT2D eigenvalue weighted by molar-refractivity contribution is -0.145. The predicted octanol–water partition coefficient (Wildman–Crippen LogP) is 4.34. The highest BCUT2D eigenvalue weighted by atomic mass is 16.5. The van der Waals surface area contributed by atoms with E-state index in [1.54, 1.807) is 0 Å². The standard InChI is InChI=1S/C16H32O3/c1-4-7-10-15(6-3)14-19-16(17)11-8-9-13-18-12-5-2/h15H,4-14H2,1-3H3. The molecule has 3 heteroatoms. The van der Waals surface area contributed by atoms with Gasteiger partial charge in [0.2, 0.25) is 0 Å². The molecule has 0 rings (SSSR count). The van der Waals surface area contributed by atoms with E-state index in [4.69, 9.17) is 9.47 Å². The van der Waals surface area contributed by atoms with E-state index in [2.05, 4.69) is 20.8 Å². The Bertz CT molecular complexity index is 204. The molecule has 0 N–H and O–H groups in total. The molecular weight excluding hydrogens is 240 g/mol. The molecule has 0 heterocycles. The molecule has 114 valence electrons. The highest BCUT2D eigenvalue weighted by Gasteiger charge is 2.09. The van der Waals surface area contributed by atoms with E-state index in [-0.39, 0.29) is 5.97 Å². The minimum atomic E-state index is -0.0505. The van der Waals surface area contributed by atoms with Crippen LogP contribution in [0.5, 0.6) is 0 Å². The van der Waals surface area contributed by atoms with Crippen molar-refractivity contribution in [1.29, 1.82) is 0 Å². The summed E-state index contributed by atoms with van der Waals surface area (Å²) in [5.74, 6) is 0.488. The number of esters is 1. The summed E-state index contributed by atoms with van der Waals surface area (Å²) in [5.41, 5.74) is 0. The first kappa shape index (κ1) is 18.4. The molecule has 0 aromatic rings. The zero-order valence-corrected chi connectivity index (χ0v) is 13.1. The minimum Gasteiger partial charge on any atom is -0.465 e. The monoisotopic (exact) mass is 272 g/mol. The van der Waals surface area contributed by atoms with Gasteiger partial charge < -0.3 is 9.47 Å². The van der Waals surface area contributed by atoms with Crippen LogP contribution in [0.15, 0.2) is 0 Å². The topological polar surface area (TPSA) is 35.5 Å². The molecule has 0 aromatic carbocycles. The quantitative estimate of drug-likeness (QED) is 0.369. The van der Waals surface area contributed by atoms with Gasteiger partial charge in [0, 0.05) is 19.6 Å². The van der Waals surface area contributed by atoms with Gasteiger partial charge in [-0.25, -0.2) is 0 Å². The lowest BCUT2D eigenvalue weighted by Gasteiger charge is -2.14. The Hall–Kier alpha value is -0.570. The van der Waals surface area contributed by atoms with Crippen LogP contribution < -0.4 is 0 Å². The Kier molecular flexibility index (Phi) is 13.4. The van der Waals surface area contributed by atoms with Gasteiger partial charge in [0.15, 0.2) is 0 Å². The van der Waals surface area contributed by atoms with E-state index < -0.39 is 0 Å². The number of hydrogen-bond donors (Lipinski definition) is 0. The molecule has 0 aliphatic carbocycles. The Balaban J connectivity index is 3.46. The minimum absolute atomic E-state index is 0.0505. The maximum Gasteiger partial charge on any atom is 0.305 e. The van der Waals surface area contributed by atoms with Crippen molar-refractivity contribution >= 4 is 5.97 Å². The lowest BCUT2D eigenvalue weighted by atomic mass is 10.0. The van der Waals surface area contributed by atoms with Crippen molar-refractivity contribution in [3.63, 3.8) is 0 Å². The van der Waals surface area contributed by atoms with Crippen LogP contribution in [0.4, 0.5) is 0 Å². The summed E-state index contributed by atoms with van der Waals surface area (Å²) in [4.78, 5) is 11.6. The van der Waals surface area contributed by atoms with Gasteiger partial charge in [-0.05, 0) is 31.6 Å². The van der Waals surface area contributed by atoms with Gasteiger partial charge in [0.25, 0.3) is 0 Å². The Morgan fingerprint density at radius 3 is 2.42 bits per heavy atom. The molecule has 1 unspecified atom stereocenters. The van der Waals surface area contributed by atoms with Crippen molar-refractivity contribution in [2.24, 2.45) is 5.92 Å². The summed E-state index contributed by atoms with van der Waals surface area (Å²) in [5, 5.41) is 0. The number of unbranched alkanes of at least 4 members (excludes halogenated alkanes) is 2. The Morgan fingerprint density at radius 2 is 1.79 bits per heavy atom. The molecule has 0 aliphatic heterocycles. The third-order valence-electron chi connectivity index (χ3n) is 3.29. The van der Waals surface area contributed by atoms with Crippen LogP contribution >= 0.6 is 0 Å². The largest absolute Gasteiger partial charge is 0.465 e. The molecule has 0 aliphatic rings. The lowest BCUT2D eigenvalue weighted by Crippen LogP contribution is -2.13. The number of rotatable bonds is 13. The van der Waals surface area contributed by atoms with E-state index >= 15 is 0 Å². The average Bonchev–Trinajstić information content (AvgIpc) is 2.43. The molecule has 0 saturated heterocycles. The first-order valence-corrected chi connectivity index (χ1v) is 7.97. The molecule has 1 atom stereocenters. The number of carbonyl (C=O) groups is 1. The fourth-order valence-electron chi connectivity index (χ4n) is 1.90. The summed E-state index contributed by atoms with van der Waals surface area (Å²) in [7, 11) is 0. The summed E-state index contributed by atoms with van der Waals surface area (Å²) in [6.07, 6.45) is 8.10. The molecule has 0 amide bonds. The fraction of sp³-hybridized carbons (Fsp3) is 0.938. The third-order valence-corrected chi connectivity index (χ3v) is 3.29. The van der Waals surface area contributed by atoms with Gasteiger partial charge in [-0.15, -0.1) is 0 Å². The summed E-state index contributed by atoms with van der Waals surface area (Å²) in [6, 6.07) is 0. The summed E-state index contributed by atoms with van der Waals surface area (Å²) < 4.78 is 10.7. The van der Waals surface area contributed by atoms with Crippen LogP contribution in [0.25, 0.3) is 0 Å². The number of ether oxygens (including phenoxy) is 2. The Morgan fingerprint density at radius 1 is 1.00 bits per heavy atom. The van der Waals surface area contributed by atoms with Crippen LogP contribution in [0.3, 0.4) is 0 Å². The molecular formula is C16H32O3. The normalized spacial score (nSPS) is 12.4. The van der Waals surface area contributed by atoms with Gasteiger partial charge in [0.05, 0.1) is 6.61 Å². The SMILES string of the molecule is CCCCC(CC)COC(=O)CCCCOCCC. The first-order valence-electron chi connectivity index (χ1n) is 7.97. The van der Waals surface area contributed by atoms with Gasteiger partial charge in [-0.2, -0.15) is 0 Å². The highest BCUT2D eigenvalue weighted by Crippen LogP contribution is 2.13. The van der Waals surface area contributed by atoms with Crippen LogP contribution in [0.1, 0.15) is 72.1 Å². The summed E-state index contributed by atoms with van der Waals surface area (Å²) >= 11 is 0.